The maximum Gasteiger partial charge on any atom is 0.209 e. The van der Waals surface area contributed by atoms with Crippen LogP contribution in [0.3, 0.4) is 0 Å². The molecule has 0 spiro atoms. The summed E-state index contributed by atoms with van der Waals surface area (Å²) in [6.07, 6.45) is 2.20. The second-order valence-electron chi connectivity index (χ2n) is 4.63. The van der Waals surface area contributed by atoms with Gasteiger partial charge in [0.25, 0.3) is 0 Å². The first kappa shape index (κ1) is 15.0. The fourth-order valence-electron chi connectivity index (χ4n) is 1.83. The van der Waals surface area contributed by atoms with Crippen molar-refractivity contribution in [3.8, 4) is 0 Å². The van der Waals surface area contributed by atoms with Gasteiger partial charge in [0.05, 0.1) is 0 Å². The zero-order valence-corrected chi connectivity index (χ0v) is 12.9. The Morgan fingerprint density at radius 3 is 2.60 bits per heavy atom. The molecule has 0 unspecified atom stereocenters. The maximum atomic E-state index is 3.94. The fraction of sp³-hybridized carbons (Fsp3) is 0.500. The molecule has 0 aliphatic carbocycles. The first-order chi connectivity index (χ1) is 9.79. The predicted octanol–water partition coefficient (Wildman–Crippen LogP) is 2.04. The number of rotatable bonds is 8. The Bertz CT molecular complexity index is 509. The summed E-state index contributed by atoms with van der Waals surface area (Å²) in [4.78, 5) is 0. The molecule has 0 atom stereocenters. The van der Waals surface area contributed by atoms with Gasteiger partial charge in [-0.05, 0) is 40.9 Å². The Kier molecular flexibility index (Phi) is 6.01. The van der Waals surface area contributed by atoms with Crippen molar-refractivity contribution in [2.75, 3.05) is 12.3 Å². The van der Waals surface area contributed by atoms with Gasteiger partial charge in [0.15, 0.2) is 0 Å². The Hall–Kier alpha value is -1.40. The van der Waals surface area contributed by atoms with Crippen molar-refractivity contribution in [1.82, 2.24) is 25.5 Å². The minimum absolute atomic E-state index is 0.875. The monoisotopic (exact) mass is 291 g/mol. The summed E-state index contributed by atoms with van der Waals surface area (Å²) in [5, 5.41) is 15.7. The van der Waals surface area contributed by atoms with Gasteiger partial charge in [-0.25, -0.2) is 4.68 Å². The van der Waals surface area contributed by atoms with Crippen LogP contribution in [0.15, 0.2) is 29.4 Å². The molecule has 1 aromatic heterocycles. The summed E-state index contributed by atoms with van der Waals surface area (Å²) in [6, 6.07) is 8.81. The van der Waals surface area contributed by atoms with Crippen LogP contribution in [0.25, 0.3) is 0 Å². The van der Waals surface area contributed by atoms with Crippen LogP contribution in [-0.2, 0) is 20.0 Å². The summed E-state index contributed by atoms with van der Waals surface area (Å²) in [6.45, 7) is 4.12. The van der Waals surface area contributed by atoms with Crippen LogP contribution in [0.4, 0.5) is 0 Å². The third kappa shape index (κ3) is 4.61. The molecule has 2 aromatic rings. The molecule has 0 aliphatic heterocycles. The third-order valence-electron chi connectivity index (χ3n) is 3.07. The van der Waals surface area contributed by atoms with Crippen LogP contribution in [-0.4, -0.2) is 32.5 Å². The van der Waals surface area contributed by atoms with E-state index in [-0.39, 0.29) is 0 Å². The molecule has 2 rings (SSSR count). The van der Waals surface area contributed by atoms with E-state index in [2.05, 4.69) is 52.0 Å². The molecule has 0 saturated carbocycles. The number of hydrogen-bond donors (Lipinski definition) is 1. The summed E-state index contributed by atoms with van der Waals surface area (Å²) in [5.41, 5.74) is 2.73. The lowest BCUT2D eigenvalue weighted by Crippen LogP contribution is -2.15. The molecule has 1 aromatic carbocycles. The first-order valence-electron chi connectivity index (χ1n) is 6.93. The third-order valence-corrected chi connectivity index (χ3v) is 4.17. The van der Waals surface area contributed by atoms with Crippen molar-refractivity contribution in [3.05, 3.63) is 35.4 Å². The molecule has 20 heavy (non-hydrogen) atoms. The molecular weight excluding hydrogens is 270 g/mol. The van der Waals surface area contributed by atoms with Crippen LogP contribution < -0.4 is 5.32 Å². The van der Waals surface area contributed by atoms with E-state index in [4.69, 9.17) is 0 Å². The number of hydrogen-bond acceptors (Lipinski definition) is 5. The van der Waals surface area contributed by atoms with Crippen molar-refractivity contribution >= 4 is 11.8 Å². The second kappa shape index (κ2) is 8.01. The predicted molar refractivity (Wildman–Crippen MR) is 81.7 cm³/mol. The van der Waals surface area contributed by atoms with Crippen molar-refractivity contribution in [1.29, 1.82) is 0 Å². The number of aromatic nitrogens is 4. The fourth-order valence-corrected chi connectivity index (χ4v) is 2.62. The van der Waals surface area contributed by atoms with Crippen molar-refractivity contribution in [2.24, 2.45) is 7.05 Å². The number of aryl methyl sites for hydroxylation is 2. The van der Waals surface area contributed by atoms with E-state index >= 15 is 0 Å². The highest BCUT2D eigenvalue weighted by atomic mass is 32.2. The standard InChI is InChI=1S/C14H21N5S/c1-3-12-5-7-13(8-6-12)11-15-9-4-10-20-14-16-17-18-19(14)2/h5-8,15H,3-4,9-11H2,1-2H3. The Morgan fingerprint density at radius 2 is 1.95 bits per heavy atom. The lowest BCUT2D eigenvalue weighted by Gasteiger charge is -2.05. The first-order valence-corrected chi connectivity index (χ1v) is 7.92. The van der Waals surface area contributed by atoms with Crippen LogP contribution in [0.5, 0.6) is 0 Å². The summed E-state index contributed by atoms with van der Waals surface area (Å²) < 4.78 is 1.70. The zero-order valence-electron chi connectivity index (χ0n) is 12.0. The molecular formula is C14H21N5S. The van der Waals surface area contributed by atoms with Gasteiger partial charge in [-0.2, -0.15) is 0 Å². The molecule has 0 bridgehead atoms. The largest absolute Gasteiger partial charge is 0.313 e. The molecule has 0 fully saturated rings. The van der Waals surface area contributed by atoms with Gasteiger partial charge in [-0.1, -0.05) is 43.0 Å². The van der Waals surface area contributed by atoms with Gasteiger partial charge in [-0.15, -0.1) is 5.10 Å². The molecule has 5 nitrogen and oxygen atoms in total. The van der Waals surface area contributed by atoms with E-state index in [0.29, 0.717) is 0 Å². The maximum absolute atomic E-state index is 3.94. The number of thioether (sulfide) groups is 1. The van der Waals surface area contributed by atoms with Crippen molar-refractivity contribution in [2.45, 2.75) is 31.5 Å². The van der Waals surface area contributed by atoms with E-state index in [9.17, 15) is 0 Å². The molecule has 1 N–H and O–H groups in total. The van der Waals surface area contributed by atoms with Crippen LogP contribution in [0.2, 0.25) is 0 Å². The van der Waals surface area contributed by atoms with E-state index in [1.807, 2.05) is 7.05 Å². The highest BCUT2D eigenvalue weighted by Crippen LogP contribution is 2.12. The SMILES string of the molecule is CCc1ccc(CNCCCSc2nnnn2C)cc1. The summed E-state index contributed by atoms with van der Waals surface area (Å²) in [7, 11) is 1.86. The average Bonchev–Trinajstić information content (AvgIpc) is 2.89. The van der Waals surface area contributed by atoms with E-state index in [0.717, 1.165) is 36.8 Å². The molecule has 0 aliphatic rings. The van der Waals surface area contributed by atoms with Gasteiger partial charge >= 0.3 is 0 Å². The lowest BCUT2D eigenvalue weighted by atomic mass is 10.1. The van der Waals surface area contributed by atoms with Gasteiger partial charge < -0.3 is 5.32 Å². The van der Waals surface area contributed by atoms with E-state index in [1.165, 1.54) is 11.1 Å². The highest BCUT2D eigenvalue weighted by Gasteiger charge is 2.01. The molecule has 0 radical (unpaired) electrons. The number of nitrogens with one attached hydrogen (secondary N) is 1. The smallest absolute Gasteiger partial charge is 0.209 e. The van der Waals surface area contributed by atoms with Gasteiger partial charge in [-0.3, -0.25) is 0 Å². The van der Waals surface area contributed by atoms with Crippen molar-refractivity contribution < 1.29 is 0 Å². The molecule has 0 saturated heterocycles. The van der Waals surface area contributed by atoms with Crippen molar-refractivity contribution in [3.63, 3.8) is 0 Å². The highest BCUT2D eigenvalue weighted by molar-refractivity contribution is 7.99. The van der Waals surface area contributed by atoms with Gasteiger partial charge in [0, 0.05) is 19.3 Å². The van der Waals surface area contributed by atoms with Gasteiger partial charge in [0.1, 0.15) is 0 Å². The molecule has 6 heteroatoms. The summed E-state index contributed by atoms with van der Waals surface area (Å²) >= 11 is 1.69. The topological polar surface area (TPSA) is 55.6 Å². The van der Waals surface area contributed by atoms with Crippen LogP contribution in [0, 0.1) is 0 Å². The number of benzene rings is 1. The minimum Gasteiger partial charge on any atom is -0.313 e. The summed E-state index contributed by atoms with van der Waals surface area (Å²) in [5.74, 6) is 1.02. The quantitative estimate of drug-likeness (QED) is 0.596. The Morgan fingerprint density at radius 1 is 1.20 bits per heavy atom. The Balaban J connectivity index is 1.58. The van der Waals surface area contributed by atoms with Crippen LogP contribution in [0.1, 0.15) is 24.5 Å². The second-order valence-corrected chi connectivity index (χ2v) is 5.70. The van der Waals surface area contributed by atoms with E-state index < -0.39 is 0 Å². The molecule has 0 amide bonds. The minimum atomic E-state index is 0.875. The Labute approximate surface area is 124 Å². The number of nitrogens with zero attached hydrogens (tertiary/aromatic N) is 4. The lowest BCUT2D eigenvalue weighted by molar-refractivity contribution is 0.661. The average molecular weight is 291 g/mol. The van der Waals surface area contributed by atoms with Crippen LogP contribution >= 0.6 is 11.8 Å². The zero-order chi connectivity index (χ0) is 14.2. The number of tetrazole rings is 1. The molecule has 108 valence electrons. The van der Waals surface area contributed by atoms with Gasteiger partial charge in [0.2, 0.25) is 5.16 Å². The normalized spacial score (nSPS) is 10.9. The molecule has 1 heterocycles. The van der Waals surface area contributed by atoms with E-state index in [1.54, 1.807) is 16.4 Å².